The van der Waals surface area contributed by atoms with Gasteiger partial charge in [0.1, 0.15) is 9.71 Å². The molecule has 0 radical (unpaired) electrons. The molecule has 3 N–H and O–H groups in total. The van der Waals surface area contributed by atoms with E-state index < -0.39 is 0 Å². The Kier molecular flexibility index (Phi) is 4.05. The average Bonchev–Trinajstić information content (AvgIpc) is 2.69. The molecule has 6 heteroatoms. The molecule has 2 aromatic heterocycles. The fourth-order valence-electron chi connectivity index (χ4n) is 2.98. The summed E-state index contributed by atoms with van der Waals surface area (Å²) in [6.07, 6.45) is 7.53. The topological polar surface area (TPSA) is 80.9 Å². The van der Waals surface area contributed by atoms with Crippen molar-refractivity contribution in [2.75, 3.05) is 5.73 Å². The van der Waals surface area contributed by atoms with Crippen molar-refractivity contribution in [3.8, 4) is 0 Å². The van der Waals surface area contributed by atoms with Crippen LogP contribution in [0.4, 0.5) is 5.69 Å². The number of carbonyl (C=O) groups is 1. The number of rotatable bonds is 2. The molecule has 2 heterocycles. The number of nitrogens with two attached hydrogens (primary N) is 1. The fraction of sp³-hybridized carbons (Fsp3) is 0.533. The third-order valence-electron chi connectivity index (χ3n) is 4.30. The van der Waals surface area contributed by atoms with E-state index >= 15 is 0 Å². The molecule has 1 fully saturated rings. The van der Waals surface area contributed by atoms with Gasteiger partial charge in [-0.15, -0.1) is 16.4 Å². The first kappa shape index (κ1) is 14.3. The zero-order chi connectivity index (χ0) is 14.8. The molecule has 112 valence electrons. The smallest absolute Gasteiger partial charge is 0.263 e. The predicted octanol–water partition coefficient (Wildman–Crippen LogP) is 2.97. The molecule has 2 atom stereocenters. The molecule has 0 bridgehead atoms. The number of carbonyl (C=O) groups excluding carboxylic acids is 1. The highest BCUT2D eigenvalue weighted by molar-refractivity contribution is 7.21. The number of nitrogen functional groups attached to an aromatic ring is 1. The summed E-state index contributed by atoms with van der Waals surface area (Å²) < 4.78 is 0. The molecule has 5 nitrogen and oxygen atoms in total. The first-order chi connectivity index (χ1) is 10.2. The SMILES string of the molecule is CC1CCCCCC1NC(=O)c1sc2nnccc2c1N. The summed E-state index contributed by atoms with van der Waals surface area (Å²) in [6.45, 7) is 2.22. The molecule has 2 unspecified atom stereocenters. The Bertz CT molecular complexity index is 654. The Balaban J connectivity index is 1.81. The molecule has 0 saturated heterocycles. The molecule has 2 aromatic rings. The average molecular weight is 304 g/mol. The van der Waals surface area contributed by atoms with E-state index in [2.05, 4.69) is 22.4 Å². The molecular weight excluding hydrogens is 284 g/mol. The van der Waals surface area contributed by atoms with Crippen molar-refractivity contribution in [2.45, 2.75) is 45.1 Å². The Morgan fingerprint density at radius 1 is 1.38 bits per heavy atom. The van der Waals surface area contributed by atoms with Crippen LogP contribution in [0.3, 0.4) is 0 Å². The van der Waals surface area contributed by atoms with Crippen LogP contribution in [0.5, 0.6) is 0 Å². The third-order valence-corrected chi connectivity index (χ3v) is 5.41. The van der Waals surface area contributed by atoms with Gasteiger partial charge in [-0.1, -0.05) is 26.2 Å². The summed E-state index contributed by atoms with van der Waals surface area (Å²) in [4.78, 5) is 13.8. The molecule has 1 saturated carbocycles. The number of fused-ring (bicyclic) bond motifs is 1. The van der Waals surface area contributed by atoms with Crippen molar-refractivity contribution in [2.24, 2.45) is 5.92 Å². The minimum absolute atomic E-state index is 0.0748. The zero-order valence-corrected chi connectivity index (χ0v) is 12.9. The number of hydrogen-bond donors (Lipinski definition) is 2. The Morgan fingerprint density at radius 2 is 2.19 bits per heavy atom. The first-order valence-corrected chi connectivity index (χ1v) is 8.29. The van der Waals surface area contributed by atoms with Crippen molar-refractivity contribution in [3.05, 3.63) is 17.1 Å². The maximum atomic E-state index is 12.5. The van der Waals surface area contributed by atoms with Crippen molar-refractivity contribution >= 4 is 33.1 Å². The maximum Gasteiger partial charge on any atom is 0.263 e. The van der Waals surface area contributed by atoms with Gasteiger partial charge in [-0.05, 0) is 24.8 Å². The highest BCUT2D eigenvalue weighted by atomic mass is 32.1. The van der Waals surface area contributed by atoms with E-state index in [0.29, 0.717) is 21.3 Å². The minimum atomic E-state index is -0.0748. The van der Waals surface area contributed by atoms with Crippen LogP contribution in [0, 0.1) is 5.92 Å². The third kappa shape index (κ3) is 2.85. The lowest BCUT2D eigenvalue weighted by Crippen LogP contribution is -2.38. The molecule has 21 heavy (non-hydrogen) atoms. The van der Waals surface area contributed by atoms with E-state index in [1.807, 2.05) is 0 Å². The van der Waals surface area contributed by atoms with E-state index in [0.717, 1.165) is 11.8 Å². The summed E-state index contributed by atoms with van der Waals surface area (Å²) >= 11 is 1.32. The number of hydrogen-bond acceptors (Lipinski definition) is 5. The summed E-state index contributed by atoms with van der Waals surface area (Å²) in [5.74, 6) is 0.445. The number of nitrogens with zero attached hydrogens (tertiary/aromatic N) is 2. The van der Waals surface area contributed by atoms with Gasteiger partial charge in [0.05, 0.1) is 11.9 Å². The number of amides is 1. The van der Waals surface area contributed by atoms with Crippen molar-refractivity contribution in [3.63, 3.8) is 0 Å². The van der Waals surface area contributed by atoms with Gasteiger partial charge in [0.15, 0.2) is 0 Å². The Labute approximate surface area is 127 Å². The summed E-state index contributed by atoms with van der Waals surface area (Å²) in [5.41, 5.74) is 6.61. The second-order valence-corrected chi connectivity index (χ2v) is 6.79. The van der Waals surface area contributed by atoms with Crippen molar-refractivity contribution < 1.29 is 4.79 Å². The number of thiophene rings is 1. The van der Waals surface area contributed by atoms with Crippen LogP contribution in [0.15, 0.2) is 12.3 Å². The number of nitrogens with one attached hydrogen (secondary N) is 1. The lowest BCUT2D eigenvalue weighted by atomic mass is 9.97. The van der Waals surface area contributed by atoms with Crippen LogP contribution in [0.2, 0.25) is 0 Å². The van der Waals surface area contributed by atoms with Gasteiger partial charge in [-0.25, -0.2) is 0 Å². The standard InChI is InChI=1S/C15H20N4OS/c1-9-5-3-2-4-6-11(9)18-14(20)13-12(16)10-7-8-17-19-15(10)21-13/h7-9,11H,2-6,16H2,1H3,(H,18,20). The number of aromatic nitrogens is 2. The highest BCUT2D eigenvalue weighted by Gasteiger charge is 2.24. The fourth-order valence-corrected chi connectivity index (χ4v) is 3.92. The maximum absolute atomic E-state index is 12.5. The predicted molar refractivity (Wildman–Crippen MR) is 85.3 cm³/mol. The van der Waals surface area contributed by atoms with E-state index in [1.54, 1.807) is 12.3 Å². The van der Waals surface area contributed by atoms with Crippen LogP contribution in [0.1, 0.15) is 48.7 Å². The van der Waals surface area contributed by atoms with Gasteiger partial charge < -0.3 is 11.1 Å². The Morgan fingerprint density at radius 3 is 3.00 bits per heavy atom. The summed E-state index contributed by atoms with van der Waals surface area (Å²) in [5, 5.41) is 11.9. The number of anilines is 1. The molecule has 0 aromatic carbocycles. The molecule has 1 aliphatic rings. The zero-order valence-electron chi connectivity index (χ0n) is 12.1. The van der Waals surface area contributed by atoms with E-state index in [9.17, 15) is 4.79 Å². The lowest BCUT2D eigenvalue weighted by molar-refractivity contribution is 0.0926. The minimum Gasteiger partial charge on any atom is -0.397 e. The van der Waals surface area contributed by atoms with Gasteiger partial charge >= 0.3 is 0 Å². The molecule has 1 amide bonds. The molecule has 1 aliphatic carbocycles. The van der Waals surface area contributed by atoms with E-state index in [1.165, 1.54) is 37.0 Å². The van der Waals surface area contributed by atoms with Crippen LogP contribution < -0.4 is 11.1 Å². The van der Waals surface area contributed by atoms with Gasteiger partial charge in [0.2, 0.25) is 0 Å². The van der Waals surface area contributed by atoms with Gasteiger partial charge in [-0.3, -0.25) is 4.79 Å². The quantitative estimate of drug-likeness (QED) is 0.836. The van der Waals surface area contributed by atoms with Crippen LogP contribution in [-0.2, 0) is 0 Å². The second-order valence-electron chi connectivity index (χ2n) is 5.79. The van der Waals surface area contributed by atoms with Gasteiger partial charge in [0.25, 0.3) is 5.91 Å². The summed E-state index contributed by atoms with van der Waals surface area (Å²) in [7, 11) is 0. The van der Waals surface area contributed by atoms with E-state index in [4.69, 9.17) is 5.73 Å². The van der Waals surface area contributed by atoms with Crippen LogP contribution >= 0.6 is 11.3 Å². The summed E-state index contributed by atoms with van der Waals surface area (Å²) in [6, 6.07) is 2.05. The molecule has 3 rings (SSSR count). The van der Waals surface area contributed by atoms with Crippen molar-refractivity contribution in [1.29, 1.82) is 0 Å². The molecule has 0 aliphatic heterocycles. The van der Waals surface area contributed by atoms with Crippen molar-refractivity contribution in [1.82, 2.24) is 15.5 Å². The van der Waals surface area contributed by atoms with Gasteiger partial charge in [0, 0.05) is 11.4 Å². The molecular formula is C15H20N4OS. The second kappa shape index (κ2) is 5.97. The monoisotopic (exact) mass is 304 g/mol. The van der Waals surface area contributed by atoms with E-state index in [-0.39, 0.29) is 11.9 Å². The lowest BCUT2D eigenvalue weighted by Gasteiger charge is -2.22. The highest BCUT2D eigenvalue weighted by Crippen LogP contribution is 2.32. The van der Waals surface area contributed by atoms with Crippen LogP contribution in [0.25, 0.3) is 10.2 Å². The van der Waals surface area contributed by atoms with Crippen LogP contribution in [-0.4, -0.2) is 22.1 Å². The first-order valence-electron chi connectivity index (χ1n) is 7.47. The largest absolute Gasteiger partial charge is 0.397 e. The normalized spacial score (nSPS) is 22.9. The molecule has 0 spiro atoms. The van der Waals surface area contributed by atoms with Gasteiger partial charge in [-0.2, -0.15) is 5.10 Å². The Hall–Kier alpha value is -1.69.